The molecule has 5 fully saturated rings. The van der Waals surface area contributed by atoms with E-state index in [4.69, 9.17) is 0 Å². The Bertz CT molecular complexity index is 470. The Kier molecular flexibility index (Phi) is 2.60. The molecular formula is C17H26N2O2. The fourth-order valence-electron chi connectivity index (χ4n) is 5.83. The van der Waals surface area contributed by atoms with Crippen LogP contribution >= 0.6 is 0 Å². The fraction of sp³-hybridized carbons (Fsp3) is 0.882. The van der Waals surface area contributed by atoms with Crippen molar-refractivity contribution in [3.05, 3.63) is 0 Å². The Balaban J connectivity index is 1.67. The largest absolute Gasteiger partial charge is 0.328 e. The van der Waals surface area contributed by atoms with Gasteiger partial charge in [0.2, 0.25) is 0 Å². The Morgan fingerprint density at radius 3 is 1.81 bits per heavy atom. The van der Waals surface area contributed by atoms with Crippen molar-refractivity contribution >= 4 is 11.9 Å². The lowest BCUT2D eigenvalue weighted by molar-refractivity contribution is -0.138. The second-order valence-electron chi connectivity index (χ2n) is 8.91. The van der Waals surface area contributed by atoms with Crippen molar-refractivity contribution in [3.8, 4) is 0 Å². The van der Waals surface area contributed by atoms with Gasteiger partial charge in [-0.3, -0.25) is 9.69 Å². The molecule has 0 aromatic carbocycles. The quantitative estimate of drug-likeness (QED) is 0.697. The van der Waals surface area contributed by atoms with Crippen molar-refractivity contribution in [2.24, 2.45) is 17.8 Å². The van der Waals surface area contributed by atoms with Crippen LogP contribution in [0.5, 0.6) is 0 Å². The lowest BCUT2D eigenvalue weighted by Gasteiger charge is -2.59. The summed E-state index contributed by atoms with van der Waals surface area (Å²) in [4.78, 5) is 29.0. The van der Waals surface area contributed by atoms with Crippen LogP contribution in [0.15, 0.2) is 0 Å². The molecule has 3 amide bonds. The van der Waals surface area contributed by atoms with Crippen molar-refractivity contribution in [2.75, 3.05) is 6.54 Å². The monoisotopic (exact) mass is 290 g/mol. The summed E-state index contributed by atoms with van der Waals surface area (Å²) in [5.41, 5.74) is -0.410. The van der Waals surface area contributed by atoms with E-state index in [1.165, 1.54) is 19.3 Å². The molecule has 4 heteroatoms. The van der Waals surface area contributed by atoms with Gasteiger partial charge >= 0.3 is 6.03 Å². The van der Waals surface area contributed by atoms with Crippen LogP contribution in [0.25, 0.3) is 0 Å². The molecule has 0 aromatic rings. The zero-order valence-electron chi connectivity index (χ0n) is 13.4. The minimum absolute atomic E-state index is 0.0329. The first-order valence-electron chi connectivity index (χ1n) is 8.43. The molecule has 0 aromatic heterocycles. The van der Waals surface area contributed by atoms with E-state index in [1.54, 1.807) is 9.80 Å². The number of hydrogen-bond donors (Lipinski definition) is 0. The van der Waals surface area contributed by atoms with Crippen molar-refractivity contribution < 1.29 is 9.59 Å². The van der Waals surface area contributed by atoms with E-state index in [9.17, 15) is 9.59 Å². The predicted molar refractivity (Wildman–Crippen MR) is 79.6 cm³/mol. The maximum atomic E-state index is 12.9. The highest BCUT2D eigenvalue weighted by Crippen LogP contribution is 2.58. The van der Waals surface area contributed by atoms with Crippen LogP contribution in [0, 0.1) is 17.8 Å². The molecule has 1 aliphatic heterocycles. The van der Waals surface area contributed by atoms with Crippen LogP contribution < -0.4 is 0 Å². The van der Waals surface area contributed by atoms with Gasteiger partial charge in [0.15, 0.2) is 0 Å². The van der Waals surface area contributed by atoms with E-state index >= 15 is 0 Å². The fourth-order valence-corrected chi connectivity index (χ4v) is 5.83. The van der Waals surface area contributed by atoms with E-state index in [2.05, 4.69) is 0 Å². The van der Waals surface area contributed by atoms with Crippen LogP contribution in [0.3, 0.4) is 0 Å². The molecular weight excluding hydrogens is 264 g/mol. The Labute approximate surface area is 126 Å². The molecule has 0 N–H and O–H groups in total. The minimum atomic E-state index is -0.274. The highest BCUT2D eigenvalue weighted by molar-refractivity contribution is 6.03. The smallest absolute Gasteiger partial charge is 0.310 e. The molecule has 5 rings (SSSR count). The number of rotatable bonds is 1. The highest BCUT2D eigenvalue weighted by atomic mass is 16.2. The molecule has 0 spiro atoms. The Morgan fingerprint density at radius 1 is 0.952 bits per heavy atom. The van der Waals surface area contributed by atoms with Crippen molar-refractivity contribution in [1.29, 1.82) is 0 Å². The zero-order chi connectivity index (χ0) is 15.0. The van der Waals surface area contributed by atoms with Crippen LogP contribution in [0.1, 0.15) is 59.3 Å². The maximum absolute atomic E-state index is 12.9. The molecule has 0 atom stereocenters. The second kappa shape index (κ2) is 4.02. The predicted octanol–water partition coefficient (Wildman–Crippen LogP) is 3.02. The minimum Gasteiger partial charge on any atom is -0.310 e. The van der Waals surface area contributed by atoms with Crippen LogP contribution in [-0.2, 0) is 4.79 Å². The number of carbonyl (C=O) groups is 2. The third kappa shape index (κ3) is 1.87. The van der Waals surface area contributed by atoms with Gasteiger partial charge in [-0.25, -0.2) is 4.79 Å². The summed E-state index contributed by atoms with van der Waals surface area (Å²) in [5, 5.41) is 0. The number of carbonyl (C=O) groups excluding carboxylic acids is 2. The summed E-state index contributed by atoms with van der Waals surface area (Å²) in [6, 6.07) is -0.0329. The molecule has 1 saturated heterocycles. The van der Waals surface area contributed by atoms with Crippen molar-refractivity contribution in [2.45, 2.75) is 70.4 Å². The van der Waals surface area contributed by atoms with Gasteiger partial charge in [0.1, 0.15) is 6.54 Å². The molecule has 4 bridgehead atoms. The first-order valence-corrected chi connectivity index (χ1v) is 8.43. The number of urea groups is 1. The first-order chi connectivity index (χ1) is 9.78. The maximum Gasteiger partial charge on any atom is 0.328 e. The van der Waals surface area contributed by atoms with Gasteiger partial charge in [-0.05, 0) is 77.0 Å². The summed E-state index contributed by atoms with van der Waals surface area (Å²) >= 11 is 0. The molecule has 4 nitrogen and oxygen atoms in total. The molecule has 21 heavy (non-hydrogen) atoms. The van der Waals surface area contributed by atoms with Gasteiger partial charge in [0.05, 0.1) is 5.54 Å². The number of nitrogens with zero attached hydrogens (tertiary/aromatic N) is 2. The van der Waals surface area contributed by atoms with E-state index < -0.39 is 0 Å². The average molecular weight is 290 g/mol. The van der Waals surface area contributed by atoms with E-state index in [0.717, 1.165) is 37.0 Å². The molecule has 5 aliphatic rings. The highest BCUT2D eigenvalue weighted by Gasteiger charge is 2.59. The topological polar surface area (TPSA) is 40.6 Å². The van der Waals surface area contributed by atoms with Crippen molar-refractivity contribution in [3.63, 3.8) is 0 Å². The Hall–Kier alpha value is -1.06. The standard InChI is InChI=1S/C17H26N2O2/c1-16(2,3)18-10-14(20)19(15(18)21)17-7-11-4-12(8-17)6-13(5-11)9-17/h11-13H,4-10H2,1-3H3. The third-order valence-electron chi connectivity index (χ3n) is 6.25. The zero-order valence-corrected chi connectivity index (χ0v) is 13.4. The summed E-state index contributed by atoms with van der Waals surface area (Å²) in [5.74, 6) is 2.29. The third-order valence-corrected chi connectivity index (χ3v) is 6.25. The number of imide groups is 1. The van der Waals surface area contributed by atoms with Gasteiger partial charge in [-0.15, -0.1) is 0 Å². The summed E-state index contributed by atoms with van der Waals surface area (Å²) in [7, 11) is 0. The summed E-state index contributed by atoms with van der Waals surface area (Å²) in [6.45, 7) is 6.31. The van der Waals surface area contributed by atoms with Gasteiger partial charge < -0.3 is 4.90 Å². The SMILES string of the molecule is CC(C)(C)N1CC(=O)N(C23CC4CC(CC(C4)C2)C3)C1=O. The van der Waals surface area contributed by atoms with E-state index in [0.29, 0.717) is 0 Å². The molecule has 0 unspecified atom stereocenters. The average Bonchev–Trinajstić information content (AvgIpc) is 2.63. The summed E-state index contributed by atoms with van der Waals surface area (Å²) < 4.78 is 0. The van der Waals surface area contributed by atoms with E-state index in [-0.39, 0.29) is 29.6 Å². The lowest BCUT2D eigenvalue weighted by Crippen LogP contribution is -2.62. The number of amides is 3. The summed E-state index contributed by atoms with van der Waals surface area (Å²) in [6.07, 6.45) is 7.19. The van der Waals surface area contributed by atoms with Crippen LogP contribution in [-0.4, -0.2) is 39.4 Å². The van der Waals surface area contributed by atoms with Gasteiger partial charge in [-0.1, -0.05) is 0 Å². The van der Waals surface area contributed by atoms with Gasteiger partial charge in [0, 0.05) is 5.54 Å². The molecule has 0 radical (unpaired) electrons. The first kappa shape index (κ1) is 13.6. The van der Waals surface area contributed by atoms with Crippen molar-refractivity contribution in [1.82, 2.24) is 9.80 Å². The number of hydrogen-bond acceptors (Lipinski definition) is 2. The molecule has 1 heterocycles. The van der Waals surface area contributed by atoms with Crippen LogP contribution in [0.4, 0.5) is 4.79 Å². The molecule has 4 saturated carbocycles. The lowest BCUT2D eigenvalue weighted by atomic mass is 9.52. The van der Waals surface area contributed by atoms with Gasteiger partial charge in [0.25, 0.3) is 5.91 Å². The molecule has 116 valence electrons. The van der Waals surface area contributed by atoms with Crippen LogP contribution in [0.2, 0.25) is 0 Å². The van der Waals surface area contributed by atoms with Gasteiger partial charge in [-0.2, -0.15) is 0 Å². The molecule has 4 aliphatic carbocycles. The normalized spacial score (nSPS) is 42.3. The Morgan fingerprint density at radius 2 is 1.43 bits per heavy atom. The van der Waals surface area contributed by atoms with E-state index in [1.807, 2.05) is 20.8 Å². The second-order valence-corrected chi connectivity index (χ2v) is 8.91.